The van der Waals surface area contributed by atoms with Crippen molar-refractivity contribution in [1.29, 1.82) is 0 Å². The molecule has 0 amide bonds. The third kappa shape index (κ3) is 4.70. The van der Waals surface area contributed by atoms with E-state index in [1.54, 1.807) is 0 Å². The maximum absolute atomic E-state index is 12.5. The first-order chi connectivity index (χ1) is 16.2. The van der Waals surface area contributed by atoms with E-state index in [0.717, 1.165) is 60.6 Å². The lowest BCUT2D eigenvalue weighted by molar-refractivity contribution is 0.647. The van der Waals surface area contributed by atoms with Gasteiger partial charge in [0.05, 0.1) is 0 Å². The lowest BCUT2D eigenvalue weighted by Crippen LogP contribution is -2.46. The Morgan fingerprint density at radius 1 is 0.939 bits per heavy atom. The molecule has 0 unspecified atom stereocenters. The number of aryl methyl sites for hydroxylation is 1. The molecule has 3 heterocycles. The van der Waals surface area contributed by atoms with Crippen molar-refractivity contribution in [2.75, 3.05) is 41.3 Å². The molecule has 0 saturated carbocycles. The highest BCUT2D eigenvalue weighted by Gasteiger charge is 2.18. The van der Waals surface area contributed by atoms with Crippen LogP contribution >= 0.6 is 0 Å². The van der Waals surface area contributed by atoms with Gasteiger partial charge < -0.3 is 20.1 Å². The van der Waals surface area contributed by atoms with Crippen LogP contribution in [0.1, 0.15) is 18.1 Å². The van der Waals surface area contributed by atoms with Crippen LogP contribution in [0, 0.1) is 0 Å². The molecule has 168 valence electrons. The van der Waals surface area contributed by atoms with Crippen molar-refractivity contribution in [3.8, 4) is 0 Å². The van der Waals surface area contributed by atoms with E-state index in [9.17, 15) is 4.79 Å². The molecule has 1 fully saturated rings. The average Bonchev–Trinajstić information content (AvgIpc) is 2.88. The minimum atomic E-state index is -0.0401. The smallest absolute Gasteiger partial charge is 0.253 e. The molecule has 0 atom stereocenters. The molecule has 0 bridgehead atoms. The molecule has 0 aliphatic carbocycles. The zero-order valence-corrected chi connectivity index (χ0v) is 18.9. The van der Waals surface area contributed by atoms with Gasteiger partial charge >= 0.3 is 0 Å². The first-order valence-electron chi connectivity index (χ1n) is 11.6. The summed E-state index contributed by atoms with van der Waals surface area (Å²) in [5.41, 5.74) is 5.08. The van der Waals surface area contributed by atoms with Crippen molar-refractivity contribution < 1.29 is 0 Å². The Bertz CT molecular complexity index is 1280. The first-order valence-corrected chi connectivity index (χ1v) is 11.6. The van der Waals surface area contributed by atoms with Crippen LogP contribution in [-0.4, -0.2) is 36.1 Å². The molecule has 1 aliphatic rings. The quantitative estimate of drug-likeness (QED) is 0.466. The maximum atomic E-state index is 12.5. The topological polar surface area (TPSA) is 64.3 Å². The van der Waals surface area contributed by atoms with Gasteiger partial charge in [0.15, 0.2) is 0 Å². The van der Waals surface area contributed by atoms with Crippen molar-refractivity contribution in [1.82, 2.24) is 9.97 Å². The molecule has 5 rings (SSSR count). The van der Waals surface area contributed by atoms with Gasteiger partial charge in [-0.25, -0.2) is 4.98 Å². The molecule has 6 nitrogen and oxygen atoms in total. The van der Waals surface area contributed by atoms with E-state index in [0.29, 0.717) is 6.54 Å². The van der Waals surface area contributed by atoms with Gasteiger partial charge in [-0.15, -0.1) is 0 Å². The van der Waals surface area contributed by atoms with E-state index >= 15 is 0 Å². The molecule has 2 N–H and O–H groups in total. The average molecular weight is 440 g/mol. The van der Waals surface area contributed by atoms with E-state index in [1.165, 1.54) is 11.3 Å². The Kier molecular flexibility index (Phi) is 5.98. The van der Waals surface area contributed by atoms with Crippen LogP contribution < -0.4 is 20.7 Å². The minimum absolute atomic E-state index is 0.0401. The molecular formula is C27H29N5O. The van der Waals surface area contributed by atoms with Gasteiger partial charge in [-0.05, 0) is 72.0 Å². The molecule has 0 radical (unpaired) electrons. The number of piperazine rings is 1. The van der Waals surface area contributed by atoms with E-state index in [4.69, 9.17) is 0 Å². The molecular weight excluding hydrogens is 410 g/mol. The number of fused-ring (bicyclic) bond motifs is 1. The standard InChI is InChI=1S/C27H29N5O/c1-2-20-6-11-25-21(17-20)18-22(27(33)30-25)19-29-23-7-9-24(10-8-23)31-13-15-32(16-14-31)26-5-3-4-12-28-26/h3-12,17-18,29H,2,13-16,19H2,1H3,(H,30,33). The van der Waals surface area contributed by atoms with Crippen molar-refractivity contribution >= 4 is 28.1 Å². The van der Waals surface area contributed by atoms with Gasteiger partial charge in [0.2, 0.25) is 0 Å². The van der Waals surface area contributed by atoms with Crippen LogP contribution in [-0.2, 0) is 13.0 Å². The number of aromatic amines is 1. The lowest BCUT2D eigenvalue weighted by atomic mass is 10.1. The Hall–Kier alpha value is -3.80. The van der Waals surface area contributed by atoms with E-state index in [-0.39, 0.29) is 5.56 Å². The van der Waals surface area contributed by atoms with Crippen LogP contribution in [0.2, 0.25) is 0 Å². The van der Waals surface area contributed by atoms with Gasteiger partial charge in [-0.2, -0.15) is 0 Å². The number of anilines is 3. The van der Waals surface area contributed by atoms with Crippen LogP contribution in [0.5, 0.6) is 0 Å². The summed E-state index contributed by atoms with van der Waals surface area (Å²) >= 11 is 0. The van der Waals surface area contributed by atoms with Crippen molar-refractivity contribution in [3.05, 3.63) is 94.4 Å². The number of rotatable bonds is 6. The number of aromatic nitrogens is 2. The summed E-state index contributed by atoms with van der Waals surface area (Å²) in [6.07, 6.45) is 2.83. The summed E-state index contributed by atoms with van der Waals surface area (Å²) in [5.74, 6) is 1.05. The molecule has 2 aromatic carbocycles. The minimum Gasteiger partial charge on any atom is -0.381 e. The van der Waals surface area contributed by atoms with Crippen molar-refractivity contribution in [2.45, 2.75) is 19.9 Å². The van der Waals surface area contributed by atoms with Crippen LogP contribution in [0.4, 0.5) is 17.2 Å². The fourth-order valence-corrected chi connectivity index (χ4v) is 4.37. The molecule has 6 heteroatoms. The largest absolute Gasteiger partial charge is 0.381 e. The predicted molar refractivity (Wildman–Crippen MR) is 136 cm³/mol. The first kappa shape index (κ1) is 21.1. The molecule has 1 aliphatic heterocycles. The third-order valence-electron chi connectivity index (χ3n) is 6.36. The number of H-pyrrole nitrogens is 1. The van der Waals surface area contributed by atoms with Gasteiger partial charge in [0.25, 0.3) is 5.56 Å². The van der Waals surface area contributed by atoms with Crippen molar-refractivity contribution in [3.63, 3.8) is 0 Å². The number of hydrogen-bond acceptors (Lipinski definition) is 5. The summed E-state index contributed by atoms with van der Waals surface area (Å²) < 4.78 is 0. The zero-order chi connectivity index (χ0) is 22.6. The summed E-state index contributed by atoms with van der Waals surface area (Å²) in [5, 5.41) is 4.47. The highest BCUT2D eigenvalue weighted by atomic mass is 16.1. The zero-order valence-electron chi connectivity index (χ0n) is 18.9. The van der Waals surface area contributed by atoms with Gasteiger partial charge in [-0.1, -0.05) is 19.1 Å². The third-order valence-corrected chi connectivity index (χ3v) is 6.36. The summed E-state index contributed by atoms with van der Waals surface area (Å²) in [4.78, 5) is 24.7. The number of benzene rings is 2. The van der Waals surface area contributed by atoms with Gasteiger partial charge in [0.1, 0.15) is 5.82 Å². The van der Waals surface area contributed by atoms with Gasteiger partial charge in [-0.3, -0.25) is 4.79 Å². The number of pyridine rings is 2. The monoisotopic (exact) mass is 439 g/mol. The maximum Gasteiger partial charge on any atom is 0.253 e. The Balaban J connectivity index is 1.21. The van der Waals surface area contributed by atoms with Crippen LogP contribution in [0.25, 0.3) is 10.9 Å². The summed E-state index contributed by atoms with van der Waals surface area (Å²) in [6.45, 7) is 6.48. The van der Waals surface area contributed by atoms with E-state index < -0.39 is 0 Å². The molecule has 4 aromatic rings. The van der Waals surface area contributed by atoms with Gasteiger partial charge in [0, 0.05) is 61.4 Å². The highest BCUT2D eigenvalue weighted by Crippen LogP contribution is 2.22. The second-order valence-electron chi connectivity index (χ2n) is 8.46. The van der Waals surface area contributed by atoms with E-state index in [2.05, 4.69) is 74.5 Å². The van der Waals surface area contributed by atoms with Crippen LogP contribution in [0.3, 0.4) is 0 Å². The predicted octanol–water partition coefficient (Wildman–Crippen LogP) is 4.42. The lowest BCUT2D eigenvalue weighted by Gasteiger charge is -2.36. The SMILES string of the molecule is CCc1ccc2[nH]c(=O)c(CNc3ccc(N4CCN(c5ccccn5)CC4)cc3)cc2c1. The van der Waals surface area contributed by atoms with Crippen LogP contribution in [0.15, 0.2) is 77.7 Å². The normalized spacial score (nSPS) is 14.0. The second kappa shape index (κ2) is 9.36. The Labute approximate surface area is 193 Å². The Morgan fingerprint density at radius 3 is 2.45 bits per heavy atom. The highest BCUT2D eigenvalue weighted by molar-refractivity contribution is 5.79. The molecule has 2 aromatic heterocycles. The number of nitrogens with one attached hydrogen (secondary N) is 2. The molecule has 0 spiro atoms. The summed E-state index contributed by atoms with van der Waals surface area (Å²) in [7, 11) is 0. The molecule has 1 saturated heterocycles. The van der Waals surface area contributed by atoms with E-state index in [1.807, 2.05) is 30.5 Å². The molecule has 33 heavy (non-hydrogen) atoms. The fourth-order valence-electron chi connectivity index (χ4n) is 4.37. The van der Waals surface area contributed by atoms with Crippen molar-refractivity contribution in [2.24, 2.45) is 0 Å². The number of nitrogens with zero attached hydrogens (tertiary/aromatic N) is 3. The Morgan fingerprint density at radius 2 is 1.73 bits per heavy atom. The second-order valence-corrected chi connectivity index (χ2v) is 8.46. The fraction of sp³-hybridized carbons (Fsp3) is 0.259. The summed E-state index contributed by atoms with van der Waals surface area (Å²) in [6, 6.07) is 22.7. The number of hydrogen-bond donors (Lipinski definition) is 2.